The van der Waals surface area contributed by atoms with E-state index in [1.54, 1.807) is 0 Å². The van der Waals surface area contributed by atoms with Gasteiger partial charge in [-0.1, -0.05) is 0 Å². The van der Waals surface area contributed by atoms with Gasteiger partial charge in [0.05, 0.1) is 42.3 Å². The van der Waals surface area contributed by atoms with Crippen LogP contribution >= 0.6 is 0 Å². The Labute approximate surface area is 89.9 Å². The first kappa shape index (κ1) is 19.3. The highest BCUT2D eigenvalue weighted by Gasteiger charge is 1.81. The number of nitrogens with one attached hydrogen (secondary N) is 2. The molecule has 7 heteroatoms. The van der Waals surface area contributed by atoms with Gasteiger partial charge >= 0.3 is 0 Å². The number of carbonyl (C=O) groups excluding carboxylic acids is 2. The lowest BCUT2D eigenvalue weighted by molar-refractivity contribution is -0.836. The molecule has 0 amide bonds. The van der Waals surface area contributed by atoms with Crippen molar-refractivity contribution in [2.24, 2.45) is 0 Å². The van der Waals surface area contributed by atoms with E-state index in [0.717, 1.165) is 0 Å². The molecule has 0 heterocycles. The molecule has 0 atom stereocenters. The first-order valence-electron chi connectivity index (χ1n) is 4.22. The lowest BCUT2D eigenvalue weighted by Gasteiger charge is -2.00. The molecule has 0 aromatic carbocycles. The maximum atomic E-state index is 9.06. The summed E-state index contributed by atoms with van der Waals surface area (Å²) >= 11 is 0. The highest BCUT2D eigenvalue weighted by Crippen LogP contribution is 1.65. The maximum absolute atomic E-state index is 9.06. The van der Waals surface area contributed by atoms with E-state index in [1.165, 1.54) is 9.80 Å². The number of rotatable bonds is 0. The molecule has 0 unspecified atom stereocenters. The Morgan fingerprint density at radius 1 is 0.800 bits per heavy atom. The smallest absolute Gasteiger partial charge is 0.259 e. The first-order valence-corrected chi connectivity index (χ1v) is 4.22. The van der Waals surface area contributed by atoms with Crippen LogP contribution in [0.1, 0.15) is 0 Å². The maximum Gasteiger partial charge on any atom is 0.259 e. The largest absolute Gasteiger partial charge is 0.483 e. The van der Waals surface area contributed by atoms with Crippen LogP contribution in [0.4, 0.5) is 9.59 Å². The molecule has 15 heavy (non-hydrogen) atoms. The van der Waals surface area contributed by atoms with E-state index in [2.05, 4.69) is 47.0 Å². The van der Waals surface area contributed by atoms with Crippen molar-refractivity contribution in [1.29, 1.82) is 0 Å². The summed E-state index contributed by atoms with van der Waals surface area (Å²) in [5, 5.41) is 18.1. The van der Waals surface area contributed by atoms with E-state index >= 15 is 0 Å². The van der Waals surface area contributed by atoms with Gasteiger partial charge in [-0.05, 0) is 0 Å². The van der Waals surface area contributed by atoms with Crippen molar-refractivity contribution in [1.82, 2.24) is 0 Å². The molecule has 0 radical (unpaired) electrons. The lowest BCUT2D eigenvalue weighted by Crippen LogP contribution is -3.02. The zero-order valence-corrected chi connectivity index (χ0v) is 10.0. The van der Waals surface area contributed by atoms with Gasteiger partial charge in [-0.15, -0.1) is 0 Å². The van der Waals surface area contributed by atoms with Gasteiger partial charge in [0, 0.05) is 0 Å². The Hall–Kier alpha value is -1.34. The van der Waals surface area contributed by atoms with Crippen molar-refractivity contribution in [3.63, 3.8) is 0 Å². The average Bonchev–Trinajstić information content (AvgIpc) is 1.78. The predicted octanol–water partition coefficient (Wildman–Crippen LogP) is -4.79. The van der Waals surface area contributed by atoms with Crippen molar-refractivity contribution in [2.75, 3.05) is 42.3 Å². The van der Waals surface area contributed by atoms with Gasteiger partial charge in [-0.2, -0.15) is 0 Å². The molecule has 2 N–H and O–H groups in total. The minimum atomic E-state index is -2.12. The lowest BCUT2D eigenvalue weighted by atomic mass is 11.0. The summed E-state index contributed by atoms with van der Waals surface area (Å²) < 4.78 is 2.86. The zero-order valence-electron chi connectivity index (χ0n) is 10.0. The highest BCUT2D eigenvalue weighted by molar-refractivity contribution is 5.71. The molecule has 0 aliphatic rings. The summed E-state index contributed by atoms with van der Waals surface area (Å²) in [7, 11) is 12.5. The SMILES string of the molecule is C[NH+](C)C.C[NH+](C)C.O=C([O-])OC(=O)[O-]. The standard InChI is InChI=1S/2C3H9N.C2H2O5/c2*1-4(2)3;3-1(4)7-2(5)6/h2*1-3H3;(H,3,4)(H,5,6). The topological polar surface area (TPSA) is 98.4 Å². The van der Waals surface area contributed by atoms with Gasteiger partial charge in [-0.3, -0.25) is 0 Å². The molecule has 0 aromatic rings. The Kier molecular flexibility index (Phi) is 16.3. The van der Waals surface area contributed by atoms with E-state index in [4.69, 9.17) is 19.8 Å². The Morgan fingerprint density at radius 3 is 0.933 bits per heavy atom. The average molecular weight is 224 g/mol. The van der Waals surface area contributed by atoms with Crippen molar-refractivity contribution >= 4 is 12.3 Å². The fraction of sp³-hybridized carbons (Fsp3) is 0.750. The van der Waals surface area contributed by atoms with Gasteiger partial charge in [0.2, 0.25) is 0 Å². The zero-order chi connectivity index (χ0) is 13.0. The number of hydrogen-bond donors (Lipinski definition) is 2. The molecule has 0 bridgehead atoms. The fourth-order valence-electron chi connectivity index (χ4n) is 0.0680. The van der Waals surface area contributed by atoms with Crippen LogP contribution in [0.5, 0.6) is 0 Å². The molecule has 0 aliphatic carbocycles. The summed E-state index contributed by atoms with van der Waals surface area (Å²) in [5.41, 5.74) is 0. The van der Waals surface area contributed by atoms with E-state index in [-0.39, 0.29) is 0 Å². The second-order valence-corrected chi connectivity index (χ2v) is 3.60. The highest BCUT2D eigenvalue weighted by atomic mass is 16.7. The van der Waals surface area contributed by atoms with E-state index in [0.29, 0.717) is 0 Å². The molecular weight excluding hydrogens is 204 g/mol. The third kappa shape index (κ3) is 203. The van der Waals surface area contributed by atoms with Crippen LogP contribution < -0.4 is 20.0 Å². The summed E-state index contributed by atoms with van der Waals surface area (Å²) in [5.74, 6) is 0. The minimum absolute atomic E-state index is 1.42. The summed E-state index contributed by atoms with van der Waals surface area (Å²) in [4.78, 5) is 20.9. The van der Waals surface area contributed by atoms with Gasteiger partial charge in [-0.25, -0.2) is 0 Å². The molecule has 0 aromatic heterocycles. The Bertz CT molecular complexity index is 147. The molecule has 7 nitrogen and oxygen atoms in total. The third-order valence-corrected chi connectivity index (χ3v) is 0.167. The van der Waals surface area contributed by atoms with Crippen LogP contribution in [0.25, 0.3) is 0 Å². The Balaban J connectivity index is -0.000000155. The van der Waals surface area contributed by atoms with Gasteiger partial charge < -0.3 is 34.3 Å². The molecule has 0 rings (SSSR count). The van der Waals surface area contributed by atoms with E-state index < -0.39 is 12.3 Å². The molecular formula is C8H20N2O5. The van der Waals surface area contributed by atoms with Crippen LogP contribution in [-0.4, -0.2) is 54.6 Å². The molecule has 0 fully saturated rings. The molecule has 0 aliphatic heterocycles. The van der Waals surface area contributed by atoms with Crippen LogP contribution in [0.15, 0.2) is 0 Å². The van der Waals surface area contributed by atoms with Crippen molar-refractivity contribution < 1.29 is 34.3 Å². The third-order valence-electron chi connectivity index (χ3n) is 0.167. The van der Waals surface area contributed by atoms with E-state index in [1.807, 2.05) is 0 Å². The number of hydrogen-bond acceptors (Lipinski definition) is 5. The van der Waals surface area contributed by atoms with Crippen LogP contribution in [0.3, 0.4) is 0 Å². The normalized spacial score (nSPS) is 8.27. The van der Waals surface area contributed by atoms with Gasteiger partial charge in [0.1, 0.15) is 0 Å². The molecule has 0 saturated carbocycles. The summed E-state index contributed by atoms with van der Waals surface area (Å²) in [6.07, 6.45) is -4.25. The Morgan fingerprint density at radius 2 is 0.933 bits per heavy atom. The minimum Gasteiger partial charge on any atom is -0.483 e. The predicted molar refractivity (Wildman–Crippen MR) is 49.3 cm³/mol. The van der Waals surface area contributed by atoms with Crippen LogP contribution in [0, 0.1) is 0 Å². The summed E-state index contributed by atoms with van der Waals surface area (Å²) in [6.45, 7) is 0. The van der Waals surface area contributed by atoms with Crippen molar-refractivity contribution in [3.8, 4) is 0 Å². The van der Waals surface area contributed by atoms with Crippen molar-refractivity contribution in [2.45, 2.75) is 0 Å². The number of quaternary nitrogens is 2. The summed E-state index contributed by atoms with van der Waals surface area (Å²) in [6, 6.07) is 0. The quantitative estimate of drug-likeness (QED) is 0.318. The fourth-order valence-corrected chi connectivity index (χ4v) is 0.0680. The molecule has 92 valence electrons. The number of carboxylic acid groups (broad SMARTS) is 2. The van der Waals surface area contributed by atoms with Gasteiger partial charge in [0.25, 0.3) is 12.3 Å². The number of ether oxygens (including phenoxy) is 1. The van der Waals surface area contributed by atoms with Crippen molar-refractivity contribution in [3.05, 3.63) is 0 Å². The number of carbonyl (C=O) groups is 2. The monoisotopic (exact) mass is 224 g/mol. The van der Waals surface area contributed by atoms with E-state index in [9.17, 15) is 0 Å². The molecule has 0 saturated heterocycles. The van der Waals surface area contributed by atoms with Gasteiger partial charge in [0.15, 0.2) is 0 Å². The van der Waals surface area contributed by atoms with Crippen LogP contribution in [-0.2, 0) is 4.74 Å². The van der Waals surface area contributed by atoms with Crippen LogP contribution in [0.2, 0.25) is 0 Å². The second-order valence-electron chi connectivity index (χ2n) is 3.60. The second kappa shape index (κ2) is 12.7. The molecule has 0 spiro atoms. The first-order chi connectivity index (χ1) is 6.59.